The summed E-state index contributed by atoms with van der Waals surface area (Å²) in [6, 6.07) is 12.2. The molecule has 0 amide bonds. The molecule has 0 saturated heterocycles. The molecule has 4 nitrogen and oxygen atoms in total. The van der Waals surface area contributed by atoms with Crippen molar-refractivity contribution < 1.29 is 9.13 Å². The number of anilines is 1. The van der Waals surface area contributed by atoms with Crippen molar-refractivity contribution in [3.8, 4) is 5.75 Å². The van der Waals surface area contributed by atoms with Gasteiger partial charge >= 0.3 is 0 Å². The van der Waals surface area contributed by atoms with Crippen molar-refractivity contribution >= 4 is 47.2 Å². The SMILES string of the molecule is COc1ccc(NC(N)=NC2CC(c3cccc(F)c3)C2)cc1Cl.I. The highest BCUT2D eigenvalue weighted by atomic mass is 127. The van der Waals surface area contributed by atoms with Crippen LogP contribution in [-0.4, -0.2) is 19.1 Å². The van der Waals surface area contributed by atoms with Crippen molar-refractivity contribution in [2.24, 2.45) is 10.7 Å². The van der Waals surface area contributed by atoms with Gasteiger partial charge in [-0.25, -0.2) is 9.38 Å². The van der Waals surface area contributed by atoms with Crippen molar-refractivity contribution in [1.82, 2.24) is 0 Å². The second-order valence-corrected chi connectivity index (χ2v) is 6.27. The second kappa shape index (κ2) is 8.71. The van der Waals surface area contributed by atoms with E-state index in [1.165, 1.54) is 6.07 Å². The zero-order valence-corrected chi connectivity index (χ0v) is 16.8. The summed E-state index contributed by atoms with van der Waals surface area (Å²) in [5.41, 5.74) is 7.73. The molecule has 1 saturated carbocycles. The molecule has 0 aliphatic heterocycles. The Morgan fingerprint density at radius 2 is 2.04 bits per heavy atom. The van der Waals surface area contributed by atoms with E-state index < -0.39 is 0 Å². The number of hydrogen-bond donors (Lipinski definition) is 2. The lowest BCUT2D eigenvalue weighted by atomic mass is 9.76. The van der Waals surface area contributed by atoms with Gasteiger partial charge in [0.1, 0.15) is 11.6 Å². The van der Waals surface area contributed by atoms with Crippen LogP contribution in [-0.2, 0) is 0 Å². The van der Waals surface area contributed by atoms with Gasteiger partial charge in [-0.05, 0) is 54.7 Å². The van der Waals surface area contributed by atoms with E-state index in [0.29, 0.717) is 22.6 Å². The predicted molar refractivity (Wildman–Crippen MR) is 111 cm³/mol. The molecule has 1 aliphatic carbocycles. The van der Waals surface area contributed by atoms with Gasteiger partial charge in [0.2, 0.25) is 0 Å². The molecule has 0 aromatic heterocycles. The summed E-state index contributed by atoms with van der Waals surface area (Å²) in [6.45, 7) is 0. The first-order chi connectivity index (χ1) is 11.5. The van der Waals surface area contributed by atoms with E-state index in [9.17, 15) is 4.39 Å². The Labute approximate surface area is 168 Å². The average Bonchev–Trinajstić information content (AvgIpc) is 2.50. The molecular weight excluding hydrogens is 456 g/mol. The zero-order valence-electron chi connectivity index (χ0n) is 13.7. The summed E-state index contributed by atoms with van der Waals surface area (Å²) in [7, 11) is 1.57. The van der Waals surface area contributed by atoms with Gasteiger partial charge in [0.25, 0.3) is 0 Å². The number of benzene rings is 2. The predicted octanol–water partition coefficient (Wildman–Crippen LogP) is 4.78. The van der Waals surface area contributed by atoms with Crippen LogP contribution < -0.4 is 15.8 Å². The lowest BCUT2D eigenvalue weighted by Crippen LogP contribution is -2.31. The van der Waals surface area contributed by atoms with E-state index in [-0.39, 0.29) is 35.8 Å². The van der Waals surface area contributed by atoms with Crippen LogP contribution in [0.2, 0.25) is 5.02 Å². The van der Waals surface area contributed by atoms with Crippen molar-refractivity contribution in [1.29, 1.82) is 0 Å². The third kappa shape index (κ3) is 4.98. The molecule has 3 N–H and O–H groups in total. The molecule has 0 radical (unpaired) electrons. The maximum atomic E-state index is 13.2. The number of rotatable bonds is 4. The Balaban J connectivity index is 0.00000225. The van der Waals surface area contributed by atoms with Gasteiger partial charge in [-0.15, -0.1) is 24.0 Å². The minimum absolute atomic E-state index is 0. The highest BCUT2D eigenvalue weighted by molar-refractivity contribution is 14.0. The van der Waals surface area contributed by atoms with Gasteiger partial charge in [-0.2, -0.15) is 0 Å². The van der Waals surface area contributed by atoms with Gasteiger partial charge in [0.15, 0.2) is 5.96 Å². The molecule has 1 aliphatic rings. The van der Waals surface area contributed by atoms with Crippen LogP contribution in [0.15, 0.2) is 47.5 Å². The maximum absolute atomic E-state index is 13.2. The van der Waals surface area contributed by atoms with Gasteiger partial charge < -0.3 is 15.8 Å². The summed E-state index contributed by atoms with van der Waals surface area (Å²) in [6.07, 6.45) is 1.74. The van der Waals surface area contributed by atoms with Crippen LogP contribution in [0.1, 0.15) is 24.3 Å². The van der Waals surface area contributed by atoms with Crippen LogP contribution in [0, 0.1) is 5.82 Å². The normalized spacial score (nSPS) is 19.6. The molecule has 0 atom stereocenters. The summed E-state index contributed by atoms with van der Waals surface area (Å²) in [5.74, 6) is 1.10. The smallest absolute Gasteiger partial charge is 0.193 e. The van der Waals surface area contributed by atoms with E-state index in [0.717, 1.165) is 24.1 Å². The van der Waals surface area contributed by atoms with Gasteiger partial charge in [0, 0.05) is 5.69 Å². The molecule has 0 heterocycles. The molecule has 0 unspecified atom stereocenters. The standard InChI is InChI=1S/C18H19ClFN3O.HI/c1-24-17-6-5-14(10-16(17)19)22-18(21)23-15-8-12(9-15)11-3-2-4-13(20)7-11;/h2-7,10,12,15H,8-9H2,1H3,(H3,21,22,23);1H. The van der Waals surface area contributed by atoms with Crippen molar-refractivity contribution in [2.75, 3.05) is 12.4 Å². The van der Waals surface area contributed by atoms with Crippen molar-refractivity contribution in [2.45, 2.75) is 24.8 Å². The highest BCUT2D eigenvalue weighted by Gasteiger charge is 2.30. The van der Waals surface area contributed by atoms with Crippen LogP contribution in [0.25, 0.3) is 0 Å². The first kappa shape index (κ1) is 19.8. The molecule has 25 heavy (non-hydrogen) atoms. The van der Waals surface area contributed by atoms with Gasteiger partial charge in [-0.3, -0.25) is 0 Å². The van der Waals surface area contributed by atoms with E-state index in [4.69, 9.17) is 22.1 Å². The fraction of sp³-hybridized carbons (Fsp3) is 0.278. The number of aliphatic imine (C=N–C) groups is 1. The van der Waals surface area contributed by atoms with E-state index in [1.54, 1.807) is 31.4 Å². The molecule has 7 heteroatoms. The topological polar surface area (TPSA) is 59.6 Å². The quantitative estimate of drug-likeness (QED) is 0.380. The average molecular weight is 476 g/mol. The lowest BCUT2D eigenvalue weighted by Gasteiger charge is -2.33. The number of nitrogens with two attached hydrogens (primary N) is 1. The summed E-state index contributed by atoms with van der Waals surface area (Å²) in [5, 5.41) is 3.53. The fourth-order valence-corrected chi connectivity index (χ4v) is 3.10. The van der Waals surface area contributed by atoms with Gasteiger partial charge in [0.05, 0.1) is 18.2 Å². The van der Waals surface area contributed by atoms with Crippen LogP contribution >= 0.6 is 35.6 Å². The Morgan fingerprint density at radius 3 is 2.68 bits per heavy atom. The number of halogens is 3. The summed E-state index contributed by atoms with van der Waals surface area (Å²) >= 11 is 6.08. The van der Waals surface area contributed by atoms with Crippen LogP contribution in [0.5, 0.6) is 5.75 Å². The van der Waals surface area contributed by atoms with Crippen molar-refractivity contribution in [3.63, 3.8) is 0 Å². The number of ether oxygens (including phenoxy) is 1. The number of nitrogens with one attached hydrogen (secondary N) is 1. The number of methoxy groups -OCH3 is 1. The van der Waals surface area contributed by atoms with Crippen LogP contribution in [0.4, 0.5) is 10.1 Å². The molecule has 2 aromatic rings. The Kier molecular flexibility index (Phi) is 6.89. The van der Waals surface area contributed by atoms with Crippen LogP contribution in [0.3, 0.4) is 0 Å². The number of nitrogens with zero attached hydrogens (tertiary/aromatic N) is 1. The maximum Gasteiger partial charge on any atom is 0.193 e. The molecular formula is C18H20ClFIN3O. The third-order valence-electron chi connectivity index (χ3n) is 4.18. The number of guanidine groups is 1. The largest absolute Gasteiger partial charge is 0.495 e. The third-order valence-corrected chi connectivity index (χ3v) is 4.47. The monoisotopic (exact) mass is 475 g/mol. The van der Waals surface area contributed by atoms with E-state index in [2.05, 4.69) is 10.3 Å². The Hall–Kier alpha value is -1.54. The summed E-state index contributed by atoms with van der Waals surface area (Å²) < 4.78 is 18.4. The highest BCUT2D eigenvalue weighted by Crippen LogP contribution is 2.39. The Morgan fingerprint density at radius 1 is 1.28 bits per heavy atom. The molecule has 134 valence electrons. The van der Waals surface area contributed by atoms with E-state index >= 15 is 0 Å². The molecule has 1 fully saturated rings. The Bertz CT molecular complexity index is 766. The lowest BCUT2D eigenvalue weighted by molar-refractivity contribution is 0.352. The second-order valence-electron chi connectivity index (χ2n) is 5.87. The first-order valence-electron chi connectivity index (χ1n) is 7.74. The molecule has 2 aromatic carbocycles. The molecule has 0 spiro atoms. The van der Waals surface area contributed by atoms with Crippen molar-refractivity contribution in [3.05, 3.63) is 58.9 Å². The molecule has 0 bridgehead atoms. The fourth-order valence-electron chi connectivity index (χ4n) is 2.85. The minimum Gasteiger partial charge on any atom is -0.495 e. The molecule has 3 rings (SSSR count). The zero-order chi connectivity index (χ0) is 17.1. The first-order valence-corrected chi connectivity index (χ1v) is 8.12. The number of hydrogen-bond acceptors (Lipinski definition) is 2. The summed E-state index contributed by atoms with van der Waals surface area (Å²) in [4.78, 5) is 4.46. The van der Waals surface area contributed by atoms with E-state index in [1.807, 2.05) is 12.1 Å². The van der Waals surface area contributed by atoms with Gasteiger partial charge in [-0.1, -0.05) is 23.7 Å². The minimum atomic E-state index is -0.197.